The fourth-order valence-corrected chi connectivity index (χ4v) is 2.63. The summed E-state index contributed by atoms with van der Waals surface area (Å²) in [7, 11) is 2.98. The molecule has 0 unspecified atom stereocenters. The molecule has 0 atom stereocenters. The Morgan fingerprint density at radius 2 is 1.91 bits per heavy atom. The number of ether oxygens (including phenoxy) is 2. The number of para-hydroxylation sites is 2. The highest BCUT2D eigenvalue weighted by Gasteiger charge is 2.26. The molecule has 1 fully saturated rings. The van der Waals surface area contributed by atoms with E-state index in [0.717, 1.165) is 25.9 Å². The molecule has 0 radical (unpaired) electrons. The number of nitrogens with zero attached hydrogens (tertiary/aromatic N) is 1. The van der Waals surface area contributed by atoms with Crippen LogP contribution < -0.4 is 10.1 Å². The maximum atomic E-state index is 12.1. The molecule has 0 bridgehead atoms. The summed E-state index contributed by atoms with van der Waals surface area (Å²) in [5, 5.41) is 2.86. The molecule has 0 aliphatic carbocycles. The monoisotopic (exact) mass is 306 g/mol. The maximum absolute atomic E-state index is 12.1. The van der Waals surface area contributed by atoms with Crippen molar-refractivity contribution in [3.63, 3.8) is 0 Å². The minimum absolute atomic E-state index is 0.0430. The first-order valence-corrected chi connectivity index (χ1v) is 7.37. The Morgan fingerprint density at radius 3 is 2.55 bits per heavy atom. The van der Waals surface area contributed by atoms with Crippen LogP contribution in [0.25, 0.3) is 0 Å². The van der Waals surface area contributed by atoms with E-state index in [4.69, 9.17) is 9.47 Å². The smallest absolute Gasteiger partial charge is 0.308 e. The van der Waals surface area contributed by atoms with Crippen molar-refractivity contribution in [3.05, 3.63) is 24.3 Å². The fourth-order valence-electron chi connectivity index (χ4n) is 2.63. The summed E-state index contributed by atoms with van der Waals surface area (Å²) in [6.07, 6.45) is 1.46. The number of anilines is 1. The quantitative estimate of drug-likeness (QED) is 0.835. The summed E-state index contributed by atoms with van der Waals surface area (Å²) in [4.78, 5) is 25.6. The molecular formula is C16H22N2O4. The number of benzene rings is 1. The number of amides is 1. The SMILES string of the molecule is COC(=O)C1CCN(CC(=O)Nc2ccccc2OC)CC1. The number of piperidine rings is 1. The molecule has 6 nitrogen and oxygen atoms in total. The molecule has 1 aliphatic heterocycles. The Bertz CT molecular complexity index is 525. The number of carbonyl (C=O) groups excluding carboxylic acids is 2. The largest absolute Gasteiger partial charge is 0.495 e. The van der Waals surface area contributed by atoms with Crippen LogP contribution in [-0.4, -0.2) is 50.6 Å². The van der Waals surface area contributed by atoms with Gasteiger partial charge in [0.2, 0.25) is 5.91 Å². The van der Waals surface area contributed by atoms with Crippen LogP contribution >= 0.6 is 0 Å². The number of likely N-dealkylation sites (tertiary alicyclic amines) is 1. The van der Waals surface area contributed by atoms with Gasteiger partial charge < -0.3 is 14.8 Å². The maximum Gasteiger partial charge on any atom is 0.308 e. The molecule has 0 saturated carbocycles. The Hall–Kier alpha value is -2.08. The molecular weight excluding hydrogens is 284 g/mol. The van der Waals surface area contributed by atoms with E-state index in [9.17, 15) is 9.59 Å². The van der Waals surface area contributed by atoms with E-state index in [1.807, 2.05) is 17.0 Å². The van der Waals surface area contributed by atoms with Crippen LogP contribution in [0.4, 0.5) is 5.69 Å². The Morgan fingerprint density at radius 1 is 1.23 bits per heavy atom. The van der Waals surface area contributed by atoms with Crippen molar-refractivity contribution in [2.24, 2.45) is 5.92 Å². The molecule has 0 aromatic heterocycles. The summed E-state index contributed by atoms with van der Waals surface area (Å²) in [5.74, 6) is 0.359. The molecule has 0 spiro atoms. The number of methoxy groups -OCH3 is 2. The minimum Gasteiger partial charge on any atom is -0.495 e. The van der Waals surface area contributed by atoms with Crippen molar-refractivity contribution in [1.29, 1.82) is 0 Å². The molecule has 1 aliphatic rings. The highest BCUT2D eigenvalue weighted by Crippen LogP contribution is 2.23. The Balaban J connectivity index is 1.82. The topological polar surface area (TPSA) is 67.9 Å². The van der Waals surface area contributed by atoms with Gasteiger partial charge in [0.15, 0.2) is 0 Å². The third kappa shape index (κ3) is 4.21. The van der Waals surface area contributed by atoms with E-state index in [1.165, 1.54) is 7.11 Å². The van der Waals surface area contributed by atoms with Gasteiger partial charge in [0.25, 0.3) is 0 Å². The summed E-state index contributed by atoms with van der Waals surface area (Å²) in [6.45, 7) is 1.75. The highest BCUT2D eigenvalue weighted by atomic mass is 16.5. The zero-order valence-electron chi connectivity index (χ0n) is 13.0. The van der Waals surface area contributed by atoms with Crippen LogP contribution in [0.2, 0.25) is 0 Å². The first kappa shape index (κ1) is 16.3. The van der Waals surface area contributed by atoms with Crippen LogP contribution in [0.3, 0.4) is 0 Å². The van der Waals surface area contributed by atoms with Gasteiger partial charge in [0.05, 0.1) is 32.4 Å². The molecule has 120 valence electrons. The zero-order valence-corrected chi connectivity index (χ0v) is 13.0. The number of hydrogen-bond donors (Lipinski definition) is 1. The lowest BCUT2D eigenvalue weighted by atomic mass is 9.97. The van der Waals surface area contributed by atoms with Crippen LogP contribution in [-0.2, 0) is 14.3 Å². The standard InChI is InChI=1S/C16H22N2O4/c1-21-14-6-4-3-5-13(14)17-15(19)11-18-9-7-12(8-10-18)16(20)22-2/h3-6,12H,7-11H2,1-2H3,(H,17,19). The van der Waals surface area contributed by atoms with Gasteiger partial charge in [0.1, 0.15) is 5.75 Å². The van der Waals surface area contributed by atoms with Crippen molar-refractivity contribution >= 4 is 17.6 Å². The van der Waals surface area contributed by atoms with Crippen LogP contribution in [0.5, 0.6) is 5.75 Å². The van der Waals surface area contributed by atoms with E-state index in [1.54, 1.807) is 19.2 Å². The number of carbonyl (C=O) groups is 2. The fraction of sp³-hybridized carbons (Fsp3) is 0.500. The Kier molecular flexibility index (Phi) is 5.77. The summed E-state index contributed by atoms with van der Waals surface area (Å²) in [5.41, 5.74) is 0.666. The van der Waals surface area contributed by atoms with E-state index < -0.39 is 0 Å². The van der Waals surface area contributed by atoms with E-state index in [0.29, 0.717) is 18.0 Å². The van der Waals surface area contributed by atoms with Gasteiger partial charge in [0, 0.05) is 0 Å². The van der Waals surface area contributed by atoms with E-state index in [-0.39, 0.29) is 17.8 Å². The van der Waals surface area contributed by atoms with Gasteiger partial charge in [-0.05, 0) is 38.1 Å². The van der Waals surface area contributed by atoms with Crippen LogP contribution in [0, 0.1) is 5.92 Å². The van der Waals surface area contributed by atoms with Gasteiger partial charge in [-0.3, -0.25) is 14.5 Å². The highest BCUT2D eigenvalue weighted by molar-refractivity contribution is 5.93. The van der Waals surface area contributed by atoms with Crippen LogP contribution in [0.15, 0.2) is 24.3 Å². The third-order valence-electron chi connectivity index (χ3n) is 3.87. The molecule has 1 saturated heterocycles. The second-order valence-corrected chi connectivity index (χ2v) is 5.32. The first-order chi connectivity index (χ1) is 10.6. The normalized spacial score (nSPS) is 16.1. The summed E-state index contributed by atoms with van der Waals surface area (Å²) in [6, 6.07) is 7.31. The average molecular weight is 306 g/mol. The molecule has 1 heterocycles. The number of hydrogen-bond acceptors (Lipinski definition) is 5. The lowest BCUT2D eigenvalue weighted by Crippen LogP contribution is -2.41. The number of rotatable bonds is 5. The van der Waals surface area contributed by atoms with Crippen LogP contribution in [0.1, 0.15) is 12.8 Å². The minimum atomic E-state index is -0.155. The molecule has 1 aromatic carbocycles. The third-order valence-corrected chi connectivity index (χ3v) is 3.87. The van der Waals surface area contributed by atoms with E-state index >= 15 is 0 Å². The Labute approximate surface area is 130 Å². The van der Waals surface area contributed by atoms with Crippen molar-refractivity contribution in [2.45, 2.75) is 12.8 Å². The molecule has 2 rings (SSSR count). The van der Waals surface area contributed by atoms with Gasteiger partial charge in [-0.2, -0.15) is 0 Å². The molecule has 1 amide bonds. The summed E-state index contributed by atoms with van der Waals surface area (Å²) < 4.78 is 9.97. The van der Waals surface area contributed by atoms with Gasteiger partial charge in [-0.25, -0.2) is 0 Å². The second-order valence-electron chi connectivity index (χ2n) is 5.32. The second kappa shape index (κ2) is 7.79. The first-order valence-electron chi connectivity index (χ1n) is 7.37. The number of esters is 1. The number of nitrogens with one attached hydrogen (secondary N) is 1. The molecule has 1 aromatic rings. The molecule has 1 N–H and O–H groups in total. The lowest BCUT2D eigenvalue weighted by Gasteiger charge is -2.30. The predicted octanol–water partition coefficient (Wildman–Crippen LogP) is 1.52. The van der Waals surface area contributed by atoms with Crippen molar-refractivity contribution in [2.75, 3.05) is 39.2 Å². The average Bonchev–Trinajstić information content (AvgIpc) is 2.55. The van der Waals surface area contributed by atoms with Gasteiger partial charge in [-0.1, -0.05) is 12.1 Å². The van der Waals surface area contributed by atoms with Gasteiger partial charge >= 0.3 is 5.97 Å². The van der Waals surface area contributed by atoms with Crippen molar-refractivity contribution in [3.8, 4) is 5.75 Å². The zero-order chi connectivity index (χ0) is 15.9. The summed E-state index contributed by atoms with van der Waals surface area (Å²) >= 11 is 0. The van der Waals surface area contributed by atoms with Crippen molar-refractivity contribution in [1.82, 2.24) is 4.90 Å². The lowest BCUT2D eigenvalue weighted by molar-refractivity contribution is -0.147. The predicted molar refractivity (Wildman–Crippen MR) is 82.8 cm³/mol. The van der Waals surface area contributed by atoms with E-state index in [2.05, 4.69) is 5.32 Å². The molecule has 22 heavy (non-hydrogen) atoms. The van der Waals surface area contributed by atoms with Crippen molar-refractivity contribution < 1.29 is 19.1 Å². The van der Waals surface area contributed by atoms with Gasteiger partial charge in [-0.15, -0.1) is 0 Å². The molecule has 6 heteroatoms.